The Labute approximate surface area is 120 Å². The summed E-state index contributed by atoms with van der Waals surface area (Å²) < 4.78 is 19.6. The molecule has 0 saturated carbocycles. The van der Waals surface area contributed by atoms with Crippen LogP contribution in [-0.2, 0) is 4.74 Å². The summed E-state index contributed by atoms with van der Waals surface area (Å²) in [6.07, 6.45) is 1.19. The van der Waals surface area contributed by atoms with Crippen molar-refractivity contribution in [3.8, 4) is 0 Å². The van der Waals surface area contributed by atoms with E-state index in [0.29, 0.717) is 18.2 Å². The highest BCUT2D eigenvalue weighted by Crippen LogP contribution is 2.32. The highest BCUT2D eigenvalue weighted by molar-refractivity contribution is 5.58. The van der Waals surface area contributed by atoms with Crippen LogP contribution in [0.25, 0.3) is 0 Å². The van der Waals surface area contributed by atoms with E-state index in [4.69, 9.17) is 10.5 Å². The van der Waals surface area contributed by atoms with E-state index in [0.717, 1.165) is 24.2 Å². The number of hydrogen-bond acceptors (Lipinski definition) is 3. The Morgan fingerprint density at radius 2 is 2.20 bits per heavy atom. The van der Waals surface area contributed by atoms with E-state index in [2.05, 4.69) is 18.7 Å². The molecule has 0 aliphatic carbocycles. The lowest BCUT2D eigenvalue weighted by Gasteiger charge is -2.41. The minimum atomic E-state index is -0.185. The van der Waals surface area contributed by atoms with Gasteiger partial charge in [-0.1, -0.05) is 6.92 Å². The molecular weight excluding hydrogens is 255 g/mol. The van der Waals surface area contributed by atoms with Crippen LogP contribution in [0.4, 0.5) is 10.1 Å². The predicted octanol–water partition coefficient (Wildman–Crippen LogP) is 3.16. The number of ether oxygens (including phenoxy) is 1. The maximum Gasteiger partial charge on any atom is 0.126 e. The number of hydrogen-bond donors (Lipinski definition) is 1. The van der Waals surface area contributed by atoms with Gasteiger partial charge in [0.2, 0.25) is 0 Å². The van der Waals surface area contributed by atoms with E-state index in [1.807, 2.05) is 13.0 Å². The second-order valence-electron chi connectivity index (χ2n) is 5.81. The van der Waals surface area contributed by atoms with Crippen molar-refractivity contribution in [3.05, 3.63) is 29.1 Å². The van der Waals surface area contributed by atoms with Crippen LogP contribution in [0.2, 0.25) is 0 Å². The van der Waals surface area contributed by atoms with E-state index in [9.17, 15) is 4.39 Å². The van der Waals surface area contributed by atoms with Crippen molar-refractivity contribution >= 4 is 5.69 Å². The highest BCUT2D eigenvalue weighted by Gasteiger charge is 2.28. The molecule has 1 saturated heterocycles. The average molecular weight is 280 g/mol. The summed E-state index contributed by atoms with van der Waals surface area (Å²) >= 11 is 0. The lowest BCUT2D eigenvalue weighted by Crippen LogP contribution is -2.49. The Balaban J connectivity index is 2.45. The van der Waals surface area contributed by atoms with E-state index in [1.165, 1.54) is 0 Å². The van der Waals surface area contributed by atoms with Crippen LogP contribution in [0, 0.1) is 12.7 Å². The summed E-state index contributed by atoms with van der Waals surface area (Å²) in [5.74, 6) is -0.185. The van der Waals surface area contributed by atoms with Gasteiger partial charge in [0.1, 0.15) is 5.82 Å². The van der Waals surface area contributed by atoms with Crippen molar-refractivity contribution in [3.63, 3.8) is 0 Å². The lowest BCUT2D eigenvalue weighted by molar-refractivity contribution is 0.0298. The SMILES string of the molecule is CCC1COC(C)CN1c1cc(C)c(F)cc1[C@H](C)N. The van der Waals surface area contributed by atoms with Crippen LogP contribution in [0.3, 0.4) is 0 Å². The minimum Gasteiger partial charge on any atom is -0.375 e. The maximum absolute atomic E-state index is 13.8. The lowest BCUT2D eigenvalue weighted by atomic mass is 10.00. The summed E-state index contributed by atoms with van der Waals surface area (Å²) in [5.41, 5.74) is 8.63. The molecule has 0 spiro atoms. The first-order chi connectivity index (χ1) is 9.43. The van der Waals surface area contributed by atoms with Gasteiger partial charge in [0, 0.05) is 18.3 Å². The number of morpholine rings is 1. The molecule has 2 N–H and O–H groups in total. The van der Waals surface area contributed by atoms with Gasteiger partial charge in [0.25, 0.3) is 0 Å². The number of nitrogens with zero attached hydrogens (tertiary/aromatic N) is 1. The van der Waals surface area contributed by atoms with Crippen LogP contribution in [0.15, 0.2) is 12.1 Å². The normalized spacial score (nSPS) is 24.8. The molecule has 1 aromatic rings. The fourth-order valence-corrected chi connectivity index (χ4v) is 2.77. The molecule has 1 aromatic carbocycles. The molecule has 0 radical (unpaired) electrons. The van der Waals surface area contributed by atoms with Gasteiger partial charge < -0.3 is 15.4 Å². The van der Waals surface area contributed by atoms with Crippen molar-refractivity contribution in [2.24, 2.45) is 5.73 Å². The molecule has 1 fully saturated rings. The van der Waals surface area contributed by atoms with Crippen LogP contribution in [0.5, 0.6) is 0 Å². The van der Waals surface area contributed by atoms with Crippen molar-refractivity contribution in [2.75, 3.05) is 18.1 Å². The minimum absolute atomic E-state index is 0.184. The van der Waals surface area contributed by atoms with Crippen LogP contribution in [0.1, 0.15) is 44.4 Å². The summed E-state index contributed by atoms with van der Waals surface area (Å²) in [5, 5.41) is 0. The summed E-state index contributed by atoms with van der Waals surface area (Å²) in [7, 11) is 0. The summed E-state index contributed by atoms with van der Waals surface area (Å²) in [6, 6.07) is 3.65. The third-order valence-electron chi connectivity index (χ3n) is 4.05. The zero-order valence-electron chi connectivity index (χ0n) is 12.8. The second-order valence-corrected chi connectivity index (χ2v) is 5.81. The van der Waals surface area contributed by atoms with Crippen molar-refractivity contribution in [1.82, 2.24) is 0 Å². The average Bonchev–Trinajstić information content (AvgIpc) is 2.41. The Hall–Kier alpha value is -1.13. The van der Waals surface area contributed by atoms with Gasteiger partial charge >= 0.3 is 0 Å². The largest absolute Gasteiger partial charge is 0.375 e. The van der Waals surface area contributed by atoms with Crippen LogP contribution >= 0.6 is 0 Å². The third-order valence-corrected chi connectivity index (χ3v) is 4.05. The molecule has 1 heterocycles. The first kappa shape index (κ1) is 15.3. The zero-order valence-corrected chi connectivity index (χ0v) is 12.8. The Morgan fingerprint density at radius 1 is 1.50 bits per heavy atom. The molecule has 2 rings (SSSR count). The molecule has 0 aromatic heterocycles. The monoisotopic (exact) mass is 280 g/mol. The van der Waals surface area contributed by atoms with E-state index in [1.54, 1.807) is 13.0 Å². The molecule has 0 amide bonds. The first-order valence-electron chi connectivity index (χ1n) is 7.37. The van der Waals surface area contributed by atoms with Crippen molar-refractivity contribution < 1.29 is 9.13 Å². The van der Waals surface area contributed by atoms with Crippen LogP contribution < -0.4 is 10.6 Å². The Bertz CT molecular complexity index is 476. The topological polar surface area (TPSA) is 38.5 Å². The molecule has 112 valence electrons. The quantitative estimate of drug-likeness (QED) is 0.924. The van der Waals surface area contributed by atoms with E-state index >= 15 is 0 Å². The molecule has 4 heteroatoms. The van der Waals surface area contributed by atoms with Crippen molar-refractivity contribution in [1.29, 1.82) is 0 Å². The molecule has 2 unspecified atom stereocenters. The molecule has 0 bridgehead atoms. The maximum atomic E-state index is 13.8. The summed E-state index contributed by atoms with van der Waals surface area (Å²) in [6.45, 7) is 9.46. The number of halogens is 1. The zero-order chi connectivity index (χ0) is 14.9. The fraction of sp³-hybridized carbons (Fsp3) is 0.625. The standard InChI is InChI=1S/C16H25FN2O/c1-5-13-9-20-11(3)8-19(13)16-6-10(2)15(17)7-14(16)12(4)18/h6-7,11-13H,5,8-9,18H2,1-4H3/t11?,12-,13?/m0/s1. The first-order valence-corrected chi connectivity index (χ1v) is 7.37. The van der Waals surface area contributed by atoms with Gasteiger partial charge in [-0.2, -0.15) is 0 Å². The predicted molar refractivity (Wildman–Crippen MR) is 80.6 cm³/mol. The second kappa shape index (κ2) is 6.10. The molecule has 1 aliphatic heterocycles. The van der Waals surface area contributed by atoms with Gasteiger partial charge in [0.05, 0.1) is 18.8 Å². The van der Waals surface area contributed by atoms with Gasteiger partial charge in [-0.25, -0.2) is 4.39 Å². The number of nitrogens with two attached hydrogens (primary N) is 1. The van der Waals surface area contributed by atoms with Crippen molar-refractivity contribution in [2.45, 2.75) is 52.3 Å². The number of rotatable bonds is 3. The van der Waals surface area contributed by atoms with Gasteiger partial charge in [0.15, 0.2) is 0 Å². The number of aryl methyl sites for hydroxylation is 1. The molecule has 3 atom stereocenters. The van der Waals surface area contributed by atoms with Gasteiger partial charge in [-0.15, -0.1) is 0 Å². The highest BCUT2D eigenvalue weighted by atomic mass is 19.1. The van der Waals surface area contributed by atoms with Crippen LogP contribution in [-0.4, -0.2) is 25.3 Å². The smallest absolute Gasteiger partial charge is 0.126 e. The molecule has 1 aliphatic rings. The van der Waals surface area contributed by atoms with Gasteiger partial charge in [-0.3, -0.25) is 0 Å². The number of anilines is 1. The molecule has 3 nitrogen and oxygen atoms in total. The molecular formula is C16H25FN2O. The third kappa shape index (κ3) is 2.96. The molecule has 20 heavy (non-hydrogen) atoms. The van der Waals surface area contributed by atoms with E-state index < -0.39 is 0 Å². The van der Waals surface area contributed by atoms with E-state index in [-0.39, 0.29) is 18.0 Å². The number of benzene rings is 1. The Morgan fingerprint density at radius 3 is 2.80 bits per heavy atom. The fourth-order valence-electron chi connectivity index (χ4n) is 2.77. The van der Waals surface area contributed by atoms with Gasteiger partial charge in [-0.05, 0) is 50.5 Å². The Kier molecular flexibility index (Phi) is 4.66. The summed E-state index contributed by atoms with van der Waals surface area (Å²) in [4.78, 5) is 2.33.